The number of aliphatic hydroxyl groups is 3. The monoisotopic (exact) mass is 510 g/mol. The SMILES string of the molecule is COc1ccc([C@@H]2CN(C(=O)C(O)CO)C[C@@]2(C)C(C)O)cc1OC1CN(c2cc(C)c(C#N)cn2)C1. The Kier molecular flexibility index (Phi) is 7.59. The molecule has 1 aromatic heterocycles. The number of hydrogen-bond donors (Lipinski definition) is 3. The normalized spacial score (nSPS) is 23.2. The van der Waals surface area contributed by atoms with Crippen LogP contribution in [-0.4, -0.2) is 89.3 Å². The Hall–Kier alpha value is -3.39. The zero-order chi connectivity index (χ0) is 26.9. The summed E-state index contributed by atoms with van der Waals surface area (Å²) < 4.78 is 11.8. The molecule has 37 heavy (non-hydrogen) atoms. The van der Waals surface area contributed by atoms with Crippen molar-refractivity contribution in [1.29, 1.82) is 5.26 Å². The zero-order valence-electron chi connectivity index (χ0n) is 21.6. The van der Waals surface area contributed by atoms with E-state index in [1.807, 2.05) is 38.1 Å². The largest absolute Gasteiger partial charge is 0.493 e. The summed E-state index contributed by atoms with van der Waals surface area (Å²) in [4.78, 5) is 20.5. The second-order valence-corrected chi connectivity index (χ2v) is 10.2. The smallest absolute Gasteiger partial charge is 0.253 e. The highest BCUT2D eigenvalue weighted by atomic mass is 16.5. The van der Waals surface area contributed by atoms with Crippen molar-refractivity contribution in [2.24, 2.45) is 5.41 Å². The predicted molar refractivity (Wildman–Crippen MR) is 136 cm³/mol. The van der Waals surface area contributed by atoms with Crippen LogP contribution < -0.4 is 14.4 Å². The number of nitriles is 1. The van der Waals surface area contributed by atoms with Gasteiger partial charge in [-0.2, -0.15) is 5.26 Å². The maximum atomic E-state index is 12.6. The van der Waals surface area contributed by atoms with Crippen LogP contribution in [0.5, 0.6) is 11.5 Å². The van der Waals surface area contributed by atoms with Gasteiger partial charge < -0.3 is 34.6 Å². The maximum Gasteiger partial charge on any atom is 0.253 e. The van der Waals surface area contributed by atoms with Gasteiger partial charge in [-0.1, -0.05) is 13.0 Å². The number of rotatable bonds is 8. The fourth-order valence-corrected chi connectivity index (χ4v) is 5.09. The van der Waals surface area contributed by atoms with E-state index in [1.165, 1.54) is 4.90 Å². The molecule has 2 fully saturated rings. The van der Waals surface area contributed by atoms with Crippen molar-refractivity contribution in [3.05, 3.63) is 47.2 Å². The number of hydrogen-bond acceptors (Lipinski definition) is 9. The van der Waals surface area contributed by atoms with Gasteiger partial charge >= 0.3 is 0 Å². The minimum absolute atomic E-state index is 0.0913. The molecular weight excluding hydrogens is 476 g/mol. The lowest BCUT2D eigenvalue weighted by Crippen LogP contribution is -2.54. The molecule has 10 nitrogen and oxygen atoms in total. The first-order valence-corrected chi connectivity index (χ1v) is 12.3. The van der Waals surface area contributed by atoms with Crippen LogP contribution >= 0.6 is 0 Å². The van der Waals surface area contributed by atoms with E-state index < -0.39 is 30.1 Å². The number of anilines is 1. The van der Waals surface area contributed by atoms with E-state index in [2.05, 4.69) is 16.0 Å². The lowest BCUT2D eigenvalue weighted by Gasteiger charge is -2.40. The molecule has 10 heteroatoms. The van der Waals surface area contributed by atoms with E-state index in [0.717, 1.165) is 16.9 Å². The highest BCUT2D eigenvalue weighted by molar-refractivity contribution is 5.81. The van der Waals surface area contributed by atoms with Gasteiger partial charge in [0.2, 0.25) is 0 Å². The van der Waals surface area contributed by atoms with Gasteiger partial charge in [0.05, 0.1) is 38.5 Å². The Labute approximate surface area is 216 Å². The van der Waals surface area contributed by atoms with Crippen LogP contribution in [0.1, 0.15) is 36.5 Å². The fraction of sp³-hybridized carbons (Fsp3) is 0.519. The van der Waals surface area contributed by atoms with Gasteiger partial charge in [-0.3, -0.25) is 4.79 Å². The van der Waals surface area contributed by atoms with E-state index in [4.69, 9.17) is 14.7 Å². The van der Waals surface area contributed by atoms with Gasteiger partial charge in [0.15, 0.2) is 17.6 Å². The number of aliphatic hydroxyl groups excluding tert-OH is 3. The molecule has 3 heterocycles. The molecule has 0 spiro atoms. The summed E-state index contributed by atoms with van der Waals surface area (Å²) in [6, 6.07) is 9.65. The van der Waals surface area contributed by atoms with E-state index in [-0.39, 0.29) is 18.6 Å². The molecule has 4 atom stereocenters. The van der Waals surface area contributed by atoms with Crippen LogP contribution in [0.3, 0.4) is 0 Å². The van der Waals surface area contributed by atoms with Crippen LogP contribution in [0, 0.1) is 23.7 Å². The van der Waals surface area contributed by atoms with E-state index in [9.17, 15) is 20.1 Å². The third kappa shape index (κ3) is 5.07. The lowest BCUT2D eigenvalue weighted by molar-refractivity contribution is -0.141. The van der Waals surface area contributed by atoms with Crippen molar-refractivity contribution >= 4 is 11.7 Å². The molecule has 1 aromatic carbocycles. The Balaban J connectivity index is 1.52. The molecule has 4 rings (SSSR count). The molecule has 3 N–H and O–H groups in total. The molecule has 0 radical (unpaired) electrons. The van der Waals surface area contributed by atoms with Crippen molar-refractivity contribution in [3.8, 4) is 17.6 Å². The number of carbonyl (C=O) groups is 1. The Bertz CT molecular complexity index is 1190. The van der Waals surface area contributed by atoms with Gasteiger partial charge in [0.25, 0.3) is 5.91 Å². The van der Waals surface area contributed by atoms with Gasteiger partial charge in [0.1, 0.15) is 18.0 Å². The molecule has 2 aliphatic heterocycles. The van der Waals surface area contributed by atoms with E-state index >= 15 is 0 Å². The molecule has 1 amide bonds. The Morgan fingerprint density at radius 2 is 2.00 bits per heavy atom. The first kappa shape index (κ1) is 26.7. The number of benzene rings is 1. The highest BCUT2D eigenvalue weighted by Crippen LogP contribution is 2.47. The van der Waals surface area contributed by atoms with Crippen molar-refractivity contribution in [2.75, 3.05) is 44.8 Å². The lowest BCUT2D eigenvalue weighted by atomic mass is 9.72. The summed E-state index contributed by atoms with van der Waals surface area (Å²) >= 11 is 0. The molecule has 2 aromatic rings. The quantitative estimate of drug-likeness (QED) is 0.478. The number of pyridine rings is 1. The summed E-state index contributed by atoms with van der Waals surface area (Å²) in [6.45, 7) is 6.66. The van der Waals surface area contributed by atoms with Crippen molar-refractivity contribution in [3.63, 3.8) is 0 Å². The number of carbonyl (C=O) groups excluding carboxylic acids is 1. The minimum Gasteiger partial charge on any atom is -0.493 e. The maximum absolute atomic E-state index is 12.6. The average Bonchev–Trinajstić information content (AvgIpc) is 3.23. The number of methoxy groups -OCH3 is 1. The molecule has 2 aliphatic rings. The van der Waals surface area contributed by atoms with Crippen LogP contribution in [0.4, 0.5) is 5.82 Å². The standard InChI is InChI=1S/C27H34N4O6/c1-16-7-25(29-10-19(16)9-28)30-11-20(12-30)37-24-8-18(5-6-23(24)36-4)21-13-31(26(35)22(34)14-32)15-27(21,3)17(2)33/h5-8,10,17,20-22,32-34H,11-15H2,1-4H3/t17?,21-,22?,27-/m0/s1. The molecule has 0 bridgehead atoms. The van der Waals surface area contributed by atoms with Crippen molar-refractivity contribution in [1.82, 2.24) is 9.88 Å². The number of nitrogens with zero attached hydrogens (tertiary/aromatic N) is 4. The summed E-state index contributed by atoms with van der Waals surface area (Å²) in [5.74, 6) is 1.17. The van der Waals surface area contributed by atoms with Crippen molar-refractivity contribution < 1.29 is 29.6 Å². The van der Waals surface area contributed by atoms with Gasteiger partial charge in [-0.25, -0.2) is 4.98 Å². The average molecular weight is 511 g/mol. The molecule has 2 unspecified atom stereocenters. The number of aromatic nitrogens is 1. The Morgan fingerprint density at radius 3 is 2.59 bits per heavy atom. The molecule has 0 saturated carbocycles. The number of amides is 1. The summed E-state index contributed by atoms with van der Waals surface area (Å²) in [5, 5.41) is 38.9. The summed E-state index contributed by atoms with van der Waals surface area (Å²) in [5.41, 5.74) is 1.65. The van der Waals surface area contributed by atoms with E-state index in [0.29, 0.717) is 36.7 Å². The minimum atomic E-state index is -1.48. The zero-order valence-corrected chi connectivity index (χ0v) is 21.6. The second-order valence-electron chi connectivity index (χ2n) is 10.2. The van der Waals surface area contributed by atoms with E-state index in [1.54, 1.807) is 20.2 Å². The second kappa shape index (κ2) is 10.5. The molecular formula is C27H34N4O6. The number of aryl methyl sites for hydroxylation is 1. The highest BCUT2D eigenvalue weighted by Gasteiger charge is 2.49. The van der Waals surface area contributed by atoms with Crippen molar-refractivity contribution in [2.45, 2.75) is 45.0 Å². The number of likely N-dealkylation sites (tertiary alicyclic amines) is 1. The fourth-order valence-electron chi connectivity index (χ4n) is 5.09. The molecule has 0 aliphatic carbocycles. The van der Waals surface area contributed by atoms with Gasteiger partial charge in [-0.15, -0.1) is 0 Å². The first-order valence-electron chi connectivity index (χ1n) is 12.3. The van der Waals surface area contributed by atoms with Crippen LogP contribution in [0.25, 0.3) is 0 Å². The van der Waals surface area contributed by atoms with Crippen LogP contribution in [0.15, 0.2) is 30.5 Å². The predicted octanol–water partition coefficient (Wildman–Crippen LogP) is 1.20. The molecule has 2 saturated heterocycles. The number of ether oxygens (including phenoxy) is 2. The van der Waals surface area contributed by atoms with Crippen LogP contribution in [-0.2, 0) is 4.79 Å². The third-order valence-corrected chi connectivity index (χ3v) is 7.73. The summed E-state index contributed by atoms with van der Waals surface area (Å²) in [7, 11) is 1.57. The first-order chi connectivity index (χ1) is 17.6. The molecule has 198 valence electrons. The summed E-state index contributed by atoms with van der Waals surface area (Å²) in [6.07, 6.45) is -0.717. The van der Waals surface area contributed by atoms with Gasteiger partial charge in [-0.05, 0) is 43.2 Å². The topological polar surface area (TPSA) is 139 Å². The van der Waals surface area contributed by atoms with Crippen LogP contribution in [0.2, 0.25) is 0 Å². The Morgan fingerprint density at radius 1 is 1.27 bits per heavy atom. The van der Waals surface area contributed by atoms with Gasteiger partial charge in [0, 0.05) is 30.6 Å². The third-order valence-electron chi connectivity index (χ3n) is 7.73.